The van der Waals surface area contributed by atoms with E-state index in [-0.39, 0.29) is 23.9 Å². The molecule has 0 bridgehead atoms. The van der Waals surface area contributed by atoms with Crippen LogP contribution in [0, 0.1) is 0 Å². The van der Waals surface area contributed by atoms with Crippen molar-refractivity contribution in [1.82, 2.24) is 14.9 Å². The SMILES string of the molecule is CCOc1ccc([C@@H](C)NC(=O)CCc2nc3ccccc3c(=O)n2C)cc1OCC. The van der Waals surface area contributed by atoms with Gasteiger partial charge in [-0.2, -0.15) is 0 Å². The second-order valence-corrected chi connectivity index (χ2v) is 7.27. The van der Waals surface area contributed by atoms with Crippen LogP contribution in [-0.2, 0) is 18.3 Å². The van der Waals surface area contributed by atoms with Crippen LogP contribution in [-0.4, -0.2) is 28.7 Å². The second kappa shape index (κ2) is 10.1. The number of para-hydroxylation sites is 1. The maximum atomic E-state index is 12.6. The molecule has 164 valence electrons. The number of carbonyl (C=O) groups excluding carboxylic acids is 1. The molecule has 0 aliphatic rings. The van der Waals surface area contributed by atoms with Gasteiger partial charge in [0.15, 0.2) is 11.5 Å². The molecular weight excluding hydrogens is 394 g/mol. The molecule has 1 heterocycles. The molecule has 0 radical (unpaired) electrons. The van der Waals surface area contributed by atoms with E-state index in [2.05, 4.69) is 10.3 Å². The number of hydrogen-bond acceptors (Lipinski definition) is 5. The van der Waals surface area contributed by atoms with Crippen LogP contribution in [0.5, 0.6) is 11.5 Å². The predicted octanol–water partition coefficient (Wildman–Crippen LogP) is 3.54. The van der Waals surface area contributed by atoms with Gasteiger partial charge in [0.25, 0.3) is 5.56 Å². The lowest BCUT2D eigenvalue weighted by atomic mass is 10.1. The molecule has 0 saturated heterocycles. The van der Waals surface area contributed by atoms with Crippen molar-refractivity contribution in [2.45, 2.75) is 39.7 Å². The van der Waals surface area contributed by atoms with Crippen molar-refractivity contribution >= 4 is 16.8 Å². The highest BCUT2D eigenvalue weighted by Crippen LogP contribution is 2.30. The minimum absolute atomic E-state index is 0.104. The first kappa shape index (κ1) is 22.3. The van der Waals surface area contributed by atoms with Crippen molar-refractivity contribution in [2.75, 3.05) is 13.2 Å². The monoisotopic (exact) mass is 423 g/mol. The van der Waals surface area contributed by atoms with E-state index in [9.17, 15) is 9.59 Å². The first-order chi connectivity index (χ1) is 14.9. The third-order valence-electron chi connectivity index (χ3n) is 5.10. The highest BCUT2D eigenvalue weighted by Gasteiger charge is 2.15. The number of carbonyl (C=O) groups is 1. The minimum atomic E-state index is -0.198. The van der Waals surface area contributed by atoms with Gasteiger partial charge < -0.3 is 14.8 Å². The number of aryl methyl sites for hydroxylation is 1. The molecule has 1 amide bonds. The Morgan fingerprint density at radius 3 is 2.55 bits per heavy atom. The Morgan fingerprint density at radius 2 is 1.81 bits per heavy atom. The summed E-state index contributed by atoms with van der Waals surface area (Å²) in [6, 6.07) is 12.7. The quantitative estimate of drug-likeness (QED) is 0.569. The molecule has 31 heavy (non-hydrogen) atoms. The summed E-state index contributed by atoms with van der Waals surface area (Å²) in [6.45, 7) is 6.85. The van der Waals surface area contributed by atoms with Gasteiger partial charge in [0.1, 0.15) is 5.82 Å². The lowest BCUT2D eigenvalue weighted by Crippen LogP contribution is -2.28. The summed E-state index contributed by atoms with van der Waals surface area (Å²) in [7, 11) is 1.69. The molecule has 0 aliphatic carbocycles. The summed E-state index contributed by atoms with van der Waals surface area (Å²) < 4.78 is 12.8. The number of amides is 1. The number of nitrogens with zero attached hydrogens (tertiary/aromatic N) is 2. The van der Waals surface area contributed by atoms with Crippen LogP contribution in [0.3, 0.4) is 0 Å². The van der Waals surface area contributed by atoms with Gasteiger partial charge in [-0.1, -0.05) is 18.2 Å². The second-order valence-electron chi connectivity index (χ2n) is 7.27. The molecule has 3 rings (SSSR count). The van der Waals surface area contributed by atoms with Gasteiger partial charge >= 0.3 is 0 Å². The normalized spacial score (nSPS) is 11.9. The van der Waals surface area contributed by atoms with Gasteiger partial charge in [-0.25, -0.2) is 4.98 Å². The van der Waals surface area contributed by atoms with Crippen LogP contribution in [0.1, 0.15) is 44.6 Å². The van der Waals surface area contributed by atoms with Crippen molar-refractivity contribution in [3.8, 4) is 11.5 Å². The van der Waals surface area contributed by atoms with Crippen molar-refractivity contribution in [3.63, 3.8) is 0 Å². The van der Waals surface area contributed by atoms with Crippen LogP contribution in [0.15, 0.2) is 47.3 Å². The number of fused-ring (bicyclic) bond motifs is 1. The largest absolute Gasteiger partial charge is 0.490 e. The smallest absolute Gasteiger partial charge is 0.261 e. The Kier molecular flexibility index (Phi) is 7.28. The molecule has 0 aliphatic heterocycles. The number of nitrogens with one attached hydrogen (secondary N) is 1. The van der Waals surface area contributed by atoms with Crippen molar-refractivity contribution in [1.29, 1.82) is 0 Å². The Labute approximate surface area is 182 Å². The van der Waals surface area contributed by atoms with Gasteiger partial charge in [-0.15, -0.1) is 0 Å². The summed E-state index contributed by atoms with van der Waals surface area (Å²) in [5, 5.41) is 3.58. The fourth-order valence-corrected chi connectivity index (χ4v) is 3.45. The summed E-state index contributed by atoms with van der Waals surface area (Å²) in [4.78, 5) is 29.6. The van der Waals surface area contributed by atoms with Gasteiger partial charge in [0.05, 0.1) is 30.2 Å². The van der Waals surface area contributed by atoms with E-state index >= 15 is 0 Å². The van der Waals surface area contributed by atoms with E-state index < -0.39 is 0 Å². The van der Waals surface area contributed by atoms with Crippen molar-refractivity contribution in [3.05, 3.63) is 64.2 Å². The molecule has 1 aromatic heterocycles. The molecule has 2 aromatic carbocycles. The lowest BCUT2D eigenvalue weighted by Gasteiger charge is -2.18. The van der Waals surface area contributed by atoms with E-state index in [1.807, 2.05) is 57.2 Å². The van der Waals surface area contributed by atoms with Crippen LogP contribution >= 0.6 is 0 Å². The highest BCUT2D eigenvalue weighted by atomic mass is 16.5. The van der Waals surface area contributed by atoms with E-state index in [1.54, 1.807) is 13.1 Å². The Bertz CT molecular complexity index is 1120. The Hall–Kier alpha value is -3.35. The van der Waals surface area contributed by atoms with Crippen molar-refractivity contribution in [2.24, 2.45) is 7.05 Å². The molecular formula is C24H29N3O4. The highest BCUT2D eigenvalue weighted by molar-refractivity contribution is 5.78. The molecule has 0 spiro atoms. The lowest BCUT2D eigenvalue weighted by molar-refractivity contribution is -0.121. The zero-order chi connectivity index (χ0) is 22.4. The number of benzene rings is 2. The fraction of sp³-hybridized carbons (Fsp3) is 0.375. The summed E-state index contributed by atoms with van der Waals surface area (Å²) in [5.41, 5.74) is 1.47. The zero-order valence-electron chi connectivity index (χ0n) is 18.5. The average molecular weight is 424 g/mol. The van der Waals surface area contributed by atoms with E-state index in [1.165, 1.54) is 4.57 Å². The fourth-order valence-electron chi connectivity index (χ4n) is 3.45. The topological polar surface area (TPSA) is 82.5 Å². The Balaban J connectivity index is 1.67. The van der Waals surface area contributed by atoms with Gasteiger partial charge in [0.2, 0.25) is 5.91 Å². The first-order valence-corrected chi connectivity index (χ1v) is 10.6. The third-order valence-corrected chi connectivity index (χ3v) is 5.10. The van der Waals surface area contributed by atoms with Crippen LogP contribution in [0.4, 0.5) is 0 Å². The van der Waals surface area contributed by atoms with Gasteiger partial charge in [0, 0.05) is 19.9 Å². The third kappa shape index (κ3) is 5.23. The van der Waals surface area contributed by atoms with E-state index in [0.29, 0.717) is 47.9 Å². The molecule has 0 unspecified atom stereocenters. The maximum absolute atomic E-state index is 12.6. The molecule has 3 aromatic rings. The summed E-state index contributed by atoms with van der Waals surface area (Å²) in [6.07, 6.45) is 0.612. The summed E-state index contributed by atoms with van der Waals surface area (Å²) in [5.74, 6) is 1.83. The number of aromatic nitrogens is 2. The first-order valence-electron chi connectivity index (χ1n) is 10.6. The molecule has 1 N–H and O–H groups in total. The molecule has 7 nitrogen and oxygen atoms in total. The van der Waals surface area contributed by atoms with Gasteiger partial charge in [-0.05, 0) is 50.6 Å². The standard InChI is InChI=1S/C24H29N3O4/c1-5-30-20-12-11-17(15-21(20)31-6-2)16(3)25-23(28)14-13-22-26-19-10-8-7-9-18(19)24(29)27(22)4/h7-12,15-16H,5-6,13-14H2,1-4H3,(H,25,28)/t16-/m1/s1. The van der Waals surface area contributed by atoms with Crippen LogP contribution < -0.4 is 20.3 Å². The van der Waals surface area contributed by atoms with Crippen LogP contribution in [0.2, 0.25) is 0 Å². The maximum Gasteiger partial charge on any atom is 0.261 e. The minimum Gasteiger partial charge on any atom is -0.490 e. The number of hydrogen-bond donors (Lipinski definition) is 1. The molecule has 1 atom stereocenters. The predicted molar refractivity (Wildman–Crippen MR) is 121 cm³/mol. The zero-order valence-corrected chi connectivity index (χ0v) is 18.5. The van der Waals surface area contributed by atoms with E-state index in [4.69, 9.17) is 9.47 Å². The van der Waals surface area contributed by atoms with E-state index in [0.717, 1.165) is 5.56 Å². The number of ether oxygens (including phenoxy) is 2. The van der Waals surface area contributed by atoms with Gasteiger partial charge in [-0.3, -0.25) is 14.2 Å². The summed E-state index contributed by atoms with van der Waals surface area (Å²) >= 11 is 0. The van der Waals surface area contributed by atoms with Crippen molar-refractivity contribution < 1.29 is 14.3 Å². The molecule has 7 heteroatoms. The molecule has 0 fully saturated rings. The molecule has 0 saturated carbocycles. The average Bonchev–Trinajstić information content (AvgIpc) is 2.76. The number of rotatable bonds is 9. The van der Waals surface area contributed by atoms with Crippen LogP contribution in [0.25, 0.3) is 10.9 Å². The Morgan fingerprint density at radius 1 is 1.10 bits per heavy atom.